The lowest BCUT2D eigenvalue weighted by atomic mass is 10.2. The van der Waals surface area contributed by atoms with Gasteiger partial charge in [0.25, 0.3) is 0 Å². The zero-order chi connectivity index (χ0) is 13.8. The summed E-state index contributed by atoms with van der Waals surface area (Å²) in [5, 5.41) is 7.52. The quantitative estimate of drug-likeness (QED) is 0.788. The number of anilines is 1. The molecule has 0 spiro atoms. The molecule has 0 saturated carbocycles. The molecule has 0 fully saturated rings. The summed E-state index contributed by atoms with van der Waals surface area (Å²) in [7, 11) is 0. The standard InChI is InChI=1S/C15H15N5/c1-12(15-4-2-3-9-17-15)19-13-5-7-14(8-6-13)20-11-16-10-18-20/h2-12,19H,1H3. The van der Waals surface area contributed by atoms with Gasteiger partial charge in [0.2, 0.25) is 0 Å². The van der Waals surface area contributed by atoms with Crippen LogP contribution in [0.4, 0.5) is 5.69 Å². The lowest BCUT2D eigenvalue weighted by Crippen LogP contribution is -2.08. The van der Waals surface area contributed by atoms with Gasteiger partial charge in [0.05, 0.1) is 17.4 Å². The van der Waals surface area contributed by atoms with Crippen molar-refractivity contribution < 1.29 is 0 Å². The Kier molecular flexibility index (Phi) is 3.41. The van der Waals surface area contributed by atoms with Crippen molar-refractivity contribution in [3.05, 3.63) is 67.0 Å². The van der Waals surface area contributed by atoms with Crippen LogP contribution >= 0.6 is 0 Å². The number of rotatable bonds is 4. The largest absolute Gasteiger partial charge is 0.377 e. The summed E-state index contributed by atoms with van der Waals surface area (Å²) in [6, 6.07) is 14.1. The van der Waals surface area contributed by atoms with E-state index in [1.807, 2.05) is 42.5 Å². The Morgan fingerprint density at radius 1 is 1.10 bits per heavy atom. The minimum absolute atomic E-state index is 0.161. The molecule has 0 aliphatic rings. The summed E-state index contributed by atoms with van der Waals surface area (Å²) >= 11 is 0. The second-order valence-corrected chi connectivity index (χ2v) is 4.51. The van der Waals surface area contributed by atoms with Gasteiger partial charge in [-0.25, -0.2) is 9.67 Å². The third kappa shape index (κ3) is 2.66. The molecule has 1 atom stereocenters. The molecule has 1 N–H and O–H groups in total. The lowest BCUT2D eigenvalue weighted by Gasteiger charge is -2.14. The second kappa shape index (κ2) is 5.52. The predicted octanol–water partition coefficient (Wildman–Crippen LogP) is 2.84. The Balaban J connectivity index is 1.72. The van der Waals surface area contributed by atoms with E-state index in [9.17, 15) is 0 Å². The van der Waals surface area contributed by atoms with Gasteiger partial charge < -0.3 is 5.32 Å². The monoisotopic (exact) mass is 265 g/mol. The molecule has 0 amide bonds. The van der Waals surface area contributed by atoms with Crippen molar-refractivity contribution >= 4 is 5.69 Å². The van der Waals surface area contributed by atoms with Crippen LogP contribution in [0, 0.1) is 0 Å². The van der Waals surface area contributed by atoms with E-state index < -0.39 is 0 Å². The van der Waals surface area contributed by atoms with E-state index in [1.54, 1.807) is 17.2 Å². The van der Waals surface area contributed by atoms with Crippen LogP contribution in [0.5, 0.6) is 0 Å². The normalized spacial score (nSPS) is 12.1. The van der Waals surface area contributed by atoms with Crippen molar-refractivity contribution in [2.24, 2.45) is 0 Å². The first-order chi connectivity index (χ1) is 9.83. The first kappa shape index (κ1) is 12.3. The molecule has 2 aromatic heterocycles. The molecular formula is C15H15N5. The van der Waals surface area contributed by atoms with Crippen LogP contribution in [0.2, 0.25) is 0 Å². The fraction of sp³-hybridized carbons (Fsp3) is 0.133. The first-order valence-corrected chi connectivity index (χ1v) is 6.45. The highest BCUT2D eigenvalue weighted by Crippen LogP contribution is 2.18. The van der Waals surface area contributed by atoms with Crippen molar-refractivity contribution in [1.82, 2.24) is 19.7 Å². The molecule has 0 bridgehead atoms. The molecule has 0 aliphatic carbocycles. The summed E-state index contributed by atoms with van der Waals surface area (Å²) in [5.41, 5.74) is 3.05. The number of pyridine rings is 1. The topological polar surface area (TPSA) is 55.6 Å². The Morgan fingerprint density at radius 2 is 1.95 bits per heavy atom. The number of aromatic nitrogens is 4. The van der Waals surface area contributed by atoms with Gasteiger partial charge in [-0.05, 0) is 43.3 Å². The van der Waals surface area contributed by atoms with Crippen LogP contribution in [0.3, 0.4) is 0 Å². The number of hydrogen-bond acceptors (Lipinski definition) is 4. The maximum absolute atomic E-state index is 4.35. The number of hydrogen-bond donors (Lipinski definition) is 1. The molecule has 100 valence electrons. The predicted molar refractivity (Wildman–Crippen MR) is 77.6 cm³/mol. The Hall–Kier alpha value is -2.69. The number of benzene rings is 1. The van der Waals surface area contributed by atoms with Crippen LogP contribution in [-0.4, -0.2) is 19.7 Å². The molecule has 0 radical (unpaired) electrons. The highest BCUT2D eigenvalue weighted by atomic mass is 15.3. The fourth-order valence-electron chi connectivity index (χ4n) is 2.01. The van der Waals surface area contributed by atoms with Gasteiger partial charge in [-0.2, -0.15) is 5.10 Å². The zero-order valence-electron chi connectivity index (χ0n) is 11.1. The third-order valence-electron chi connectivity index (χ3n) is 3.07. The smallest absolute Gasteiger partial charge is 0.138 e. The third-order valence-corrected chi connectivity index (χ3v) is 3.07. The number of nitrogens with zero attached hydrogens (tertiary/aromatic N) is 4. The van der Waals surface area contributed by atoms with Gasteiger partial charge in [-0.15, -0.1) is 0 Å². The van der Waals surface area contributed by atoms with Gasteiger partial charge in [0, 0.05) is 11.9 Å². The molecule has 5 nitrogen and oxygen atoms in total. The molecule has 1 unspecified atom stereocenters. The summed E-state index contributed by atoms with van der Waals surface area (Å²) in [4.78, 5) is 8.29. The van der Waals surface area contributed by atoms with Gasteiger partial charge >= 0.3 is 0 Å². The Bertz CT molecular complexity index is 647. The van der Waals surface area contributed by atoms with E-state index in [0.717, 1.165) is 17.1 Å². The van der Waals surface area contributed by atoms with E-state index in [4.69, 9.17) is 0 Å². The molecular weight excluding hydrogens is 250 g/mol. The van der Waals surface area contributed by atoms with Crippen LogP contribution in [0.15, 0.2) is 61.3 Å². The van der Waals surface area contributed by atoms with Crippen molar-refractivity contribution in [2.75, 3.05) is 5.32 Å². The molecule has 3 aromatic rings. The maximum Gasteiger partial charge on any atom is 0.138 e. The Morgan fingerprint density at radius 3 is 2.60 bits per heavy atom. The lowest BCUT2D eigenvalue weighted by molar-refractivity contribution is 0.838. The highest BCUT2D eigenvalue weighted by molar-refractivity contribution is 5.49. The van der Waals surface area contributed by atoms with Crippen molar-refractivity contribution in [2.45, 2.75) is 13.0 Å². The zero-order valence-corrected chi connectivity index (χ0v) is 11.1. The van der Waals surface area contributed by atoms with E-state index in [0.29, 0.717) is 0 Å². The van der Waals surface area contributed by atoms with Crippen LogP contribution in [0.1, 0.15) is 18.7 Å². The summed E-state index contributed by atoms with van der Waals surface area (Å²) in [5.74, 6) is 0. The maximum atomic E-state index is 4.35. The molecule has 0 saturated heterocycles. The minimum atomic E-state index is 0.161. The van der Waals surface area contributed by atoms with Crippen LogP contribution in [0.25, 0.3) is 5.69 Å². The van der Waals surface area contributed by atoms with Crippen LogP contribution in [-0.2, 0) is 0 Å². The summed E-state index contributed by atoms with van der Waals surface area (Å²) < 4.78 is 1.73. The summed E-state index contributed by atoms with van der Waals surface area (Å²) in [6.45, 7) is 2.09. The van der Waals surface area contributed by atoms with Crippen LogP contribution < -0.4 is 5.32 Å². The Labute approximate surface area is 117 Å². The van der Waals surface area contributed by atoms with Gasteiger partial charge in [0.15, 0.2) is 0 Å². The van der Waals surface area contributed by atoms with E-state index >= 15 is 0 Å². The minimum Gasteiger partial charge on any atom is -0.377 e. The van der Waals surface area contributed by atoms with Gasteiger partial charge in [0.1, 0.15) is 12.7 Å². The van der Waals surface area contributed by atoms with Crippen molar-refractivity contribution in [1.29, 1.82) is 0 Å². The van der Waals surface area contributed by atoms with E-state index in [2.05, 4.69) is 27.3 Å². The average Bonchev–Trinajstić information content (AvgIpc) is 3.03. The summed E-state index contributed by atoms with van der Waals surface area (Å²) in [6.07, 6.45) is 5.01. The molecule has 20 heavy (non-hydrogen) atoms. The van der Waals surface area contributed by atoms with Gasteiger partial charge in [-0.1, -0.05) is 6.07 Å². The number of nitrogens with one attached hydrogen (secondary N) is 1. The molecule has 2 heterocycles. The highest BCUT2D eigenvalue weighted by Gasteiger charge is 2.06. The van der Waals surface area contributed by atoms with Crippen molar-refractivity contribution in [3.63, 3.8) is 0 Å². The molecule has 1 aromatic carbocycles. The second-order valence-electron chi connectivity index (χ2n) is 4.51. The van der Waals surface area contributed by atoms with Crippen molar-refractivity contribution in [3.8, 4) is 5.69 Å². The van der Waals surface area contributed by atoms with E-state index in [1.165, 1.54) is 6.33 Å². The van der Waals surface area contributed by atoms with E-state index in [-0.39, 0.29) is 6.04 Å². The molecule has 3 rings (SSSR count). The first-order valence-electron chi connectivity index (χ1n) is 6.45. The average molecular weight is 265 g/mol. The SMILES string of the molecule is CC(Nc1ccc(-n2cncn2)cc1)c1ccccn1. The van der Waals surface area contributed by atoms with Gasteiger partial charge in [-0.3, -0.25) is 4.98 Å². The molecule has 5 heteroatoms. The fourth-order valence-corrected chi connectivity index (χ4v) is 2.01. The molecule has 0 aliphatic heterocycles.